The summed E-state index contributed by atoms with van der Waals surface area (Å²) < 4.78 is 36.5. The molecule has 0 saturated carbocycles. The number of hydrogen-bond acceptors (Lipinski definition) is 7. The smallest absolute Gasteiger partial charge is 0.344 e. The number of carbonyl (C=O) groups is 2. The van der Waals surface area contributed by atoms with E-state index in [1.807, 2.05) is 0 Å². The highest BCUT2D eigenvalue weighted by molar-refractivity contribution is 7.91. The Labute approximate surface area is 145 Å². The van der Waals surface area contributed by atoms with E-state index in [1.54, 1.807) is 31.4 Å². The van der Waals surface area contributed by atoms with Gasteiger partial charge in [-0.2, -0.15) is 4.31 Å². The van der Waals surface area contributed by atoms with Gasteiger partial charge >= 0.3 is 11.9 Å². The second-order valence-corrected chi connectivity index (χ2v) is 8.89. The fourth-order valence-corrected chi connectivity index (χ4v) is 5.10. The number of nitrogens with zero attached hydrogens (tertiary/aromatic N) is 1. The van der Waals surface area contributed by atoms with Crippen LogP contribution in [0.2, 0.25) is 0 Å². The zero-order valence-electron chi connectivity index (χ0n) is 13.6. The summed E-state index contributed by atoms with van der Waals surface area (Å²) in [6, 6.07) is 3.22. The van der Waals surface area contributed by atoms with Crippen LogP contribution in [-0.4, -0.2) is 50.5 Å². The van der Waals surface area contributed by atoms with Crippen molar-refractivity contribution in [2.45, 2.75) is 37.0 Å². The standard InChI is InChI=1S/C15H21NO6S2/c1-11(2)22-13(17)10-21-15(18)12-5-3-7-16(9-12)24(19,20)14-6-4-8-23-14/h4,6,8,11-12H,3,5,7,9-10H2,1-2H3. The zero-order chi connectivity index (χ0) is 17.7. The highest BCUT2D eigenvalue weighted by Crippen LogP contribution is 2.26. The average molecular weight is 375 g/mol. The lowest BCUT2D eigenvalue weighted by atomic mass is 10.0. The molecule has 7 nitrogen and oxygen atoms in total. The van der Waals surface area contributed by atoms with Crippen molar-refractivity contribution in [3.05, 3.63) is 17.5 Å². The minimum absolute atomic E-state index is 0.0678. The van der Waals surface area contributed by atoms with E-state index >= 15 is 0 Å². The highest BCUT2D eigenvalue weighted by Gasteiger charge is 2.34. The predicted octanol–water partition coefficient (Wildman–Crippen LogP) is 1.64. The Morgan fingerprint density at radius 2 is 2.17 bits per heavy atom. The molecule has 134 valence electrons. The second-order valence-electron chi connectivity index (χ2n) is 5.78. The Morgan fingerprint density at radius 1 is 1.42 bits per heavy atom. The van der Waals surface area contributed by atoms with E-state index in [4.69, 9.17) is 9.47 Å². The summed E-state index contributed by atoms with van der Waals surface area (Å²) >= 11 is 1.15. The van der Waals surface area contributed by atoms with Gasteiger partial charge in [-0.1, -0.05) is 6.07 Å². The van der Waals surface area contributed by atoms with Crippen molar-refractivity contribution in [3.63, 3.8) is 0 Å². The largest absolute Gasteiger partial charge is 0.460 e. The molecule has 0 N–H and O–H groups in total. The molecule has 0 aliphatic carbocycles. The van der Waals surface area contributed by atoms with Crippen LogP contribution in [0.15, 0.2) is 21.7 Å². The summed E-state index contributed by atoms with van der Waals surface area (Å²) in [4.78, 5) is 23.5. The van der Waals surface area contributed by atoms with Crippen molar-refractivity contribution in [1.29, 1.82) is 0 Å². The third-order valence-corrected chi connectivity index (χ3v) is 6.74. The molecule has 0 amide bonds. The van der Waals surface area contributed by atoms with E-state index in [9.17, 15) is 18.0 Å². The summed E-state index contributed by atoms with van der Waals surface area (Å²) in [6.07, 6.45) is 0.826. The third-order valence-electron chi connectivity index (χ3n) is 3.51. The zero-order valence-corrected chi connectivity index (χ0v) is 15.3. The first-order valence-electron chi connectivity index (χ1n) is 7.70. The first kappa shape index (κ1) is 18.9. The van der Waals surface area contributed by atoms with Crippen molar-refractivity contribution in [2.24, 2.45) is 5.92 Å². The van der Waals surface area contributed by atoms with E-state index in [0.29, 0.717) is 19.4 Å². The lowest BCUT2D eigenvalue weighted by Crippen LogP contribution is -2.42. The summed E-state index contributed by atoms with van der Waals surface area (Å²) in [5, 5.41) is 1.70. The molecular weight excluding hydrogens is 354 g/mol. The number of thiophene rings is 1. The molecule has 1 atom stereocenters. The molecule has 2 heterocycles. The van der Waals surface area contributed by atoms with Crippen molar-refractivity contribution < 1.29 is 27.5 Å². The number of sulfonamides is 1. The molecule has 2 rings (SSSR count). The Balaban J connectivity index is 1.93. The van der Waals surface area contributed by atoms with Crippen LogP contribution in [0.25, 0.3) is 0 Å². The molecule has 1 saturated heterocycles. The van der Waals surface area contributed by atoms with Gasteiger partial charge in [0.2, 0.25) is 0 Å². The van der Waals surface area contributed by atoms with Crippen LogP contribution in [0.3, 0.4) is 0 Å². The predicted molar refractivity (Wildman–Crippen MR) is 88.0 cm³/mol. The van der Waals surface area contributed by atoms with E-state index < -0.39 is 34.5 Å². The van der Waals surface area contributed by atoms with Gasteiger partial charge in [0.25, 0.3) is 10.0 Å². The van der Waals surface area contributed by atoms with Gasteiger partial charge in [0, 0.05) is 13.1 Å². The molecule has 0 aromatic carbocycles. The number of ether oxygens (including phenoxy) is 2. The molecule has 0 radical (unpaired) electrons. The van der Waals surface area contributed by atoms with Crippen LogP contribution in [0.1, 0.15) is 26.7 Å². The Hall–Kier alpha value is -1.45. The molecule has 24 heavy (non-hydrogen) atoms. The molecular formula is C15H21NO6S2. The minimum atomic E-state index is -3.58. The van der Waals surface area contributed by atoms with Gasteiger partial charge in [-0.05, 0) is 38.1 Å². The fraction of sp³-hybridized carbons (Fsp3) is 0.600. The van der Waals surface area contributed by atoms with E-state index in [2.05, 4.69) is 0 Å². The number of rotatable bonds is 6. The molecule has 0 spiro atoms. The summed E-state index contributed by atoms with van der Waals surface area (Å²) in [7, 11) is -3.58. The number of piperidine rings is 1. The Morgan fingerprint density at radius 3 is 2.79 bits per heavy atom. The van der Waals surface area contributed by atoms with Gasteiger partial charge in [0.1, 0.15) is 4.21 Å². The van der Waals surface area contributed by atoms with Crippen LogP contribution in [0, 0.1) is 5.92 Å². The van der Waals surface area contributed by atoms with Crippen molar-refractivity contribution in [1.82, 2.24) is 4.31 Å². The third kappa shape index (κ3) is 4.78. The second kappa shape index (κ2) is 8.09. The molecule has 1 fully saturated rings. The topological polar surface area (TPSA) is 90.0 Å². The highest BCUT2D eigenvalue weighted by atomic mass is 32.2. The molecule has 9 heteroatoms. The maximum absolute atomic E-state index is 12.5. The van der Waals surface area contributed by atoms with Crippen molar-refractivity contribution >= 4 is 33.3 Å². The van der Waals surface area contributed by atoms with Crippen LogP contribution < -0.4 is 0 Å². The van der Waals surface area contributed by atoms with E-state index in [-0.39, 0.29) is 16.9 Å². The van der Waals surface area contributed by atoms with Gasteiger partial charge in [-0.15, -0.1) is 11.3 Å². The SMILES string of the molecule is CC(C)OC(=O)COC(=O)C1CCCN(S(=O)(=O)c2cccs2)C1. The molecule has 1 aromatic heterocycles. The molecule has 1 aromatic rings. The van der Waals surface area contributed by atoms with Crippen LogP contribution in [0.4, 0.5) is 0 Å². The van der Waals surface area contributed by atoms with E-state index in [1.165, 1.54) is 4.31 Å². The number of esters is 2. The summed E-state index contributed by atoms with van der Waals surface area (Å²) in [5.41, 5.74) is 0. The van der Waals surface area contributed by atoms with Gasteiger partial charge in [0.15, 0.2) is 6.61 Å². The fourth-order valence-electron chi connectivity index (χ4n) is 2.44. The lowest BCUT2D eigenvalue weighted by molar-refractivity contribution is -0.164. The van der Waals surface area contributed by atoms with Crippen LogP contribution in [0.5, 0.6) is 0 Å². The monoisotopic (exact) mass is 375 g/mol. The van der Waals surface area contributed by atoms with Crippen LogP contribution >= 0.6 is 11.3 Å². The lowest BCUT2D eigenvalue weighted by Gasteiger charge is -2.30. The number of hydrogen-bond donors (Lipinski definition) is 0. The van der Waals surface area contributed by atoms with Gasteiger partial charge < -0.3 is 9.47 Å². The van der Waals surface area contributed by atoms with Gasteiger partial charge in [-0.25, -0.2) is 13.2 Å². The first-order chi connectivity index (χ1) is 11.3. The van der Waals surface area contributed by atoms with Crippen molar-refractivity contribution in [2.75, 3.05) is 19.7 Å². The van der Waals surface area contributed by atoms with Gasteiger partial charge in [0.05, 0.1) is 12.0 Å². The summed E-state index contributed by atoms with van der Waals surface area (Å²) in [5.74, 6) is -1.75. The number of carbonyl (C=O) groups excluding carboxylic acids is 2. The summed E-state index contributed by atoms with van der Waals surface area (Å²) in [6.45, 7) is 3.39. The molecule has 1 unspecified atom stereocenters. The maximum atomic E-state index is 12.5. The van der Waals surface area contributed by atoms with Crippen molar-refractivity contribution in [3.8, 4) is 0 Å². The molecule has 1 aliphatic heterocycles. The Bertz CT molecular complexity index is 668. The molecule has 1 aliphatic rings. The maximum Gasteiger partial charge on any atom is 0.344 e. The van der Waals surface area contributed by atoms with Gasteiger partial charge in [-0.3, -0.25) is 4.79 Å². The minimum Gasteiger partial charge on any atom is -0.460 e. The van der Waals surface area contributed by atoms with E-state index in [0.717, 1.165) is 11.3 Å². The van der Waals surface area contributed by atoms with Crippen LogP contribution in [-0.2, 0) is 29.1 Å². The first-order valence-corrected chi connectivity index (χ1v) is 10.0. The quantitative estimate of drug-likeness (QED) is 0.702. The molecule has 0 bridgehead atoms. The normalized spacial score (nSPS) is 19.2. The average Bonchev–Trinajstić information content (AvgIpc) is 3.07. The Kier molecular flexibility index (Phi) is 6.36.